The Morgan fingerprint density at radius 2 is 1.83 bits per heavy atom. The van der Waals surface area contributed by atoms with Gasteiger partial charge in [0.1, 0.15) is 5.75 Å². The maximum Gasteiger partial charge on any atom is 0.311 e. The van der Waals surface area contributed by atoms with Crippen molar-refractivity contribution in [2.24, 2.45) is 5.92 Å². The van der Waals surface area contributed by atoms with Gasteiger partial charge in [-0.1, -0.05) is 31.4 Å². The van der Waals surface area contributed by atoms with E-state index in [2.05, 4.69) is 5.32 Å². The molecule has 1 aromatic carbocycles. The predicted molar refractivity (Wildman–Crippen MR) is 91.8 cm³/mol. The summed E-state index contributed by atoms with van der Waals surface area (Å²) in [5.74, 6) is 0.677. The highest BCUT2D eigenvalue weighted by Gasteiger charge is 2.20. The average Bonchev–Trinajstić information content (AvgIpc) is 2.61. The highest BCUT2D eigenvalue weighted by atomic mass is 16.5. The summed E-state index contributed by atoms with van der Waals surface area (Å²) < 4.78 is 10.3. The molecule has 1 aliphatic carbocycles. The molecule has 0 unspecified atom stereocenters. The van der Waals surface area contributed by atoms with Crippen LogP contribution < -0.4 is 10.1 Å². The maximum atomic E-state index is 12.1. The minimum Gasteiger partial charge on any atom is -0.497 e. The average molecular weight is 333 g/mol. The van der Waals surface area contributed by atoms with Crippen molar-refractivity contribution >= 4 is 11.9 Å². The van der Waals surface area contributed by atoms with E-state index in [4.69, 9.17) is 9.47 Å². The standard InChI is InChI=1S/C19H27NO4/c1-14(19(22)20-13-16-6-4-3-5-7-16)24-18(21)12-15-8-10-17(23-2)11-9-15/h8-11,14,16H,3-7,12-13H2,1-2H3,(H,20,22)/t14-/m1/s1. The number of rotatable bonds is 7. The monoisotopic (exact) mass is 333 g/mol. The molecular weight excluding hydrogens is 306 g/mol. The van der Waals surface area contributed by atoms with Gasteiger partial charge in [-0.05, 0) is 43.4 Å². The topological polar surface area (TPSA) is 64.6 Å². The first-order valence-corrected chi connectivity index (χ1v) is 8.68. The molecule has 1 saturated carbocycles. The van der Waals surface area contributed by atoms with E-state index in [1.807, 2.05) is 12.1 Å². The van der Waals surface area contributed by atoms with E-state index in [0.717, 1.165) is 11.3 Å². The third-order valence-corrected chi connectivity index (χ3v) is 4.47. The Bertz CT molecular complexity index is 535. The molecule has 0 spiro atoms. The molecule has 0 radical (unpaired) electrons. The van der Waals surface area contributed by atoms with Gasteiger partial charge in [0.25, 0.3) is 5.91 Å². The van der Waals surface area contributed by atoms with Gasteiger partial charge in [-0.15, -0.1) is 0 Å². The van der Waals surface area contributed by atoms with Crippen molar-refractivity contribution in [3.8, 4) is 5.75 Å². The number of carbonyl (C=O) groups excluding carboxylic acids is 2. The van der Waals surface area contributed by atoms with Crippen molar-refractivity contribution in [2.75, 3.05) is 13.7 Å². The summed E-state index contributed by atoms with van der Waals surface area (Å²) in [5, 5.41) is 2.90. The molecule has 0 saturated heterocycles. The third-order valence-electron chi connectivity index (χ3n) is 4.47. The van der Waals surface area contributed by atoms with Gasteiger partial charge < -0.3 is 14.8 Å². The molecule has 1 N–H and O–H groups in total. The zero-order chi connectivity index (χ0) is 17.4. The van der Waals surface area contributed by atoms with Crippen molar-refractivity contribution in [3.63, 3.8) is 0 Å². The van der Waals surface area contributed by atoms with Crippen LogP contribution in [0.1, 0.15) is 44.6 Å². The quantitative estimate of drug-likeness (QED) is 0.779. The molecule has 0 bridgehead atoms. The number of methoxy groups -OCH3 is 1. The van der Waals surface area contributed by atoms with Crippen molar-refractivity contribution < 1.29 is 19.1 Å². The van der Waals surface area contributed by atoms with E-state index in [9.17, 15) is 9.59 Å². The van der Waals surface area contributed by atoms with Crippen molar-refractivity contribution in [3.05, 3.63) is 29.8 Å². The molecule has 24 heavy (non-hydrogen) atoms. The molecule has 0 aromatic heterocycles. The second kappa shape index (κ2) is 9.30. The Kier molecular flexibility index (Phi) is 7.09. The van der Waals surface area contributed by atoms with Gasteiger partial charge in [0, 0.05) is 6.54 Å². The Morgan fingerprint density at radius 1 is 1.17 bits per heavy atom. The van der Waals surface area contributed by atoms with Gasteiger partial charge in [-0.3, -0.25) is 9.59 Å². The number of esters is 1. The number of benzene rings is 1. The summed E-state index contributed by atoms with van der Waals surface area (Å²) in [5.41, 5.74) is 0.829. The lowest BCUT2D eigenvalue weighted by atomic mass is 9.89. The first-order valence-electron chi connectivity index (χ1n) is 8.68. The fraction of sp³-hybridized carbons (Fsp3) is 0.579. The number of carbonyl (C=O) groups is 2. The fourth-order valence-corrected chi connectivity index (χ4v) is 2.98. The molecule has 2 rings (SSSR count). The molecule has 1 fully saturated rings. The minimum atomic E-state index is -0.765. The molecule has 0 aliphatic heterocycles. The summed E-state index contributed by atoms with van der Waals surface area (Å²) in [7, 11) is 1.59. The van der Waals surface area contributed by atoms with E-state index in [1.165, 1.54) is 32.1 Å². The van der Waals surface area contributed by atoms with Crippen LogP contribution in [0, 0.1) is 5.92 Å². The van der Waals surface area contributed by atoms with Gasteiger partial charge in [0.15, 0.2) is 6.10 Å². The highest BCUT2D eigenvalue weighted by Crippen LogP contribution is 2.22. The summed E-state index contributed by atoms with van der Waals surface area (Å²) in [6.07, 6.45) is 5.51. The second-order valence-corrected chi connectivity index (χ2v) is 6.41. The number of ether oxygens (including phenoxy) is 2. The van der Waals surface area contributed by atoms with E-state index in [1.54, 1.807) is 26.2 Å². The molecule has 1 aromatic rings. The normalized spacial score (nSPS) is 16.2. The summed E-state index contributed by atoms with van der Waals surface area (Å²) in [6, 6.07) is 7.22. The summed E-state index contributed by atoms with van der Waals surface area (Å²) >= 11 is 0. The van der Waals surface area contributed by atoms with Gasteiger partial charge in [0.05, 0.1) is 13.5 Å². The van der Waals surface area contributed by atoms with Crippen LogP contribution in [0.3, 0.4) is 0 Å². The zero-order valence-corrected chi connectivity index (χ0v) is 14.5. The van der Waals surface area contributed by atoms with E-state index in [0.29, 0.717) is 12.5 Å². The fourth-order valence-electron chi connectivity index (χ4n) is 2.98. The lowest BCUT2D eigenvalue weighted by molar-refractivity contribution is -0.154. The Morgan fingerprint density at radius 3 is 2.46 bits per heavy atom. The van der Waals surface area contributed by atoms with Crippen LogP contribution in [0.2, 0.25) is 0 Å². The molecule has 0 heterocycles. The Labute approximate surface area is 143 Å². The minimum absolute atomic E-state index is 0.143. The Balaban J connectivity index is 1.72. The van der Waals surface area contributed by atoms with Crippen molar-refractivity contribution in [1.29, 1.82) is 0 Å². The number of hydrogen-bond donors (Lipinski definition) is 1. The van der Waals surface area contributed by atoms with Crippen LogP contribution in [-0.4, -0.2) is 31.6 Å². The van der Waals surface area contributed by atoms with Crippen LogP contribution in [-0.2, 0) is 20.7 Å². The first-order chi connectivity index (χ1) is 11.6. The van der Waals surface area contributed by atoms with Crippen LogP contribution in [0.25, 0.3) is 0 Å². The van der Waals surface area contributed by atoms with Gasteiger partial charge in [-0.25, -0.2) is 0 Å². The smallest absolute Gasteiger partial charge is 0.311 e. The molecule has 5 heteroatoms. The molecule has 1 atom stereocenters. The van der Waals surface area contributed by atoms with Crippen LogP contribution in [0.5, 0.6) is 5.75 Å². The molecule has 1 amide bonds. The second-order valence-electron chi connectivity index (χ2n) is 6.41. The van der Waals surface area contributed by atoms with Gasteiger partial charge >= 0.3 is 5.97 Å². The number of hydrogen-bond acceptors (Lipinski definition) is 4. The van der Waals surface area contributed by atoms with E-state index >= 15 is 0 Å². The van der Waals surface area contributed by atoms with Gasteiger partial charge in [-0.2, -0.15) is 0 Å². The molecular formula is C19H27NO4. The van der Waals surface area contributed by atoms with E-state index < -0.39 is 12.1 Å². The summed E-state index contributed by atoms with van der Waals surface area (Å²) in [6.45, 7) is 2.29. The lowest BCUT2D eigenvalue weighted by Gasteiger charge is -2.22. The van der Waals surface area contributed by atoms with Gasteiger partial charge in [0.2, 0.25) is 0 Å². The molecule has 1 aliphatic rings. The number of amides is 1. The van der Waals surface area contributed by atoms with Crippen LogP contribution in [0.4, 0.5) is 0 Å². The van der Waals surface area contributed by atoms with Crippen molar-refractivity contribution in [2.45, 2.75) is 51.6 Å². The first kappa shape index (κ1) is 18.3. The summed E-state index contributed by atoms with van der Waals surface area (Å²) in [4.78, 5) is 24.0. The number of nitrogens with one attached hydrogen (secondary N) is 1. The largest absolute Gasteiger partial charge is 0.497 e. The van der Waals surface area contributed by atoms with E-state index in [-0.39, 0.29) is 12.3 Å². The third kappa shape index (κ3) is 5.87. The lowest BCUT2D eigenvalue weighted by Crippen LogP contribution is -2.39. The SMILES string of the molecule is COc1ccc(CC(=O)O[C@H](C)C(=O)NCC2CCCCC2)cc1. The van der Waals surface area contributed by atoms with Crippen molar-refractivity contribution in [1.82, 2.24) is 5.32 Å². The molecule has 132 valence electrons. The highest BCUT2D eigenvalue weighted by molar-refractivity contribution is 5.83. The zero-order valence-electron chi connectivity index (χ0n) is 14.5. The predicted octanol–water partition coefficient (Wildman–Crippen LogP) is 2.87. The Hall–Kier alpha value is -2.04. The van der Waals surface area contributed by atoms with Crippen LogP contribution in [0.15, 0.2) is 24.3 Å². The molecule has 5 nitrogen and oxygen atoms in total. The maximum absolute atomic E-state index is 12.1. The van der Waals surface area contributed by atoms with Crippen LogP contribution >= 0.6 is 0 Å².